The number of alkyl halides is 2. The number of carboxylic acid groups (broad SMARTS) is 1. The Morgan fingerprint density at radius 3 is 2.48 bits per heavy atom. The van der Waals surface area contributed by atoms with Crippen molar-refractivity contribution in [1.82, 2.24) is 9.80 Å². The molecule has 2 aromatic rings. The minimum absolute atomic E-state index is 0.0334. The Balaban J connectivity index is 1.17. The van der Waals surface area contributed by atoms with Crippen LogP contribution in [0, 0.1) is 34.9 Å². The molecule has 44 heavy (non-hydrogen) atoms. The second kappa shape index (κ2) is 14.5. The fraction of sp³-hybridized carbons (Fsp3) is 0.611. The largest absolute Gasteiger partial charge is 0.480 e. The van der Waals surface area contributed by atoms with Crippen molar-refractivity contribution in [2.75, 3.05) is 32.7 Å². The molecular formula is C36H46F3N3O2. The maximum atomic E-state index is 14.3. The summed E-state index contributed by atoms with van der Waals surface area (Å²) in [6, 6.07) is 13.0. The monoisotopic (exact) mass is 609 g/mol. The molecule has 0 aromatic heterocycles. The first-order valence-corrected chi connectivity index (χ1v) is 16.5. The lowest BCUT2D eigenvalue weighted by Crippen LogP contribution is -2.46. The van der Waals surface area contributed by atoms with E-state index in [0.29, 0.717) is 18.9 Å². The van der Waals surface area contributed by atoms with Gasteiger partial charge in [0.2, 0.25) is 0 Å². The van der Waals surface area contributed by atoms with Crippen LogP contribution >= 0.6 is 0 Å². The van der Waals surface area contributed by atoms with Gasteiger partial charge in [0.25, 0.3) is 5.92 Å². The predicted octanol–water partition coefficient (Wildman–Crippen LogP) is 7.59. The van der Waals surface area contributed by atoms with Crippen molar-refractivity contribution in [3.63, 3.8) is 0 Å². The summed E-state index contributed by atoms with van der Waals surface area (Å²) in [7, 11) is 0. The quantitative estimate of drug-likeness (QED) is 0.284. The number of halogens is 3. The summed E-state index contributed by atoms with van der Waals surface area (Å²) in [6.45, 7) is 5.04. The van der Waals surface area contributed by atoms with Crippen molar-refractivity contribution in [2.24, 2.45) is 17.8 Å². The summed E-state index contributed by atoms with van der Waals surface area (Å²) in [5, 5.41) is 19.5. The average Bonchev–Trinajstić information content (AvgIpc) is 3.40. The third-order valence-corrected chi connectivity index (χ3v) is 10.4. The van der Waals surface area contributed by atoms with Crippen molar-refractivity contribution in [3.05, 3.63) is 70.5 Å². The second-order valence-corrected chi connectivity index (χ2v) is 13.6. The summed E-state index contributed by atoms with van der Waals surface area (Å²) in [5.41, 5.74) is 1.65. The Hall–Kier alpha value is -2.89. The number of nitrogens with zero attached hydrogens (tertiary/aromatic N) is 3. The smallest absolute Gasteiger partial charge is 0.321 e. The van der Waals surface area contributed by atoms with Gasteiger partial charge in [-0.05, 0) is 105 Å². The zero-order valence-corrected chi connectivity index (χ0v) is 25.9. The van der Waals surface area contributed by atoms with E-state index in [0.717, 1.165) is 95.6 Å². The Labute approximate surface area is 260 Å². The molecule has 2 saturated heterocycles. The Morgan fingerprint density at radius 1 is 1.07 bits per heavy atom. The van der Waals surface area contributed by atoms with Crippen LogP contribution in [0.4, 0.5) is 13.2 Å². The number of carboxylic acids is 1. The number of aryl methyl sites for hydroxylation is 1. The number of nitriles is 1. The number of hydrogen-bond acceptors (Lipinski definition) is 4. The molecule has 2 heterocycles. The van der Waals surface area contributed by atoms with E-state index in [9.17, 15) is 28.3 Å². The minimum atomic E-state index is -3.04. The summed E-state index contributed by atoms with van der Waals surface area (Å²) >= 11 is 0. The lowest BCUT2D eigenvalue weighted by atomic mass is 9.83. The number of carbonyl (C=O) groups is 1. The summed E-state index contributed by atoms with van der Waals surface area (Å²) < 4.78 is 42.3. The molecular weight excluding hydrogens is 563 g/mol. The molecule has 1 N–H and O–H groups in total. The van der Waals surface area contributed by atoms with E-state index in [4.69, 9.17) is 0 Å². The molecule has 8 heteroatoms. The van der Waals surface area contributed by atoms with Crippen molar-refractivity contribution in [2.45, 2.75) is 89.0 Å². The van der Waals surface area contributed by atoms with Gasteiger partial charge in [-0.25, -0.2) is 13.2 Å². The fourth-order valence-corrected chi connectivity index (χ4v) is 8.13. The lowest BCUT2D eigenvalue weighted by Gasteiger charge is -2.35. The topological polar surface area (TPSA) is 67.6 Å². The molecule has 3 aliphatic rings. The van der Waals surface area contributed by atoms with E-state index in [1.54, 1.807) is 18.2 Å². The van der Waals surface area contributed by atoms with Crippen LogP contribution in [0.5, 0.6) is 0 Å². The Bertz CT molecular complexity index is 1310. The molecule has 2 aliphatic heterocycles. The van der Waals surface area contributed by atoms with Crippen LogP contribution in [0.15, 0.2) is 42.5 Å². The molecule has 3 fully saturated rings. The zero-order valence-electron chi connectivity index (χ0n) is 25.9. The first-order chi connectivity index (χ1) is 21.1. The highest BCUT2D eigenvalue weighted by Crippen LogP contribution is 2.39. The molecule has 238 valence electrons. The molecule has 5 nitrogen and oxygen atoms in total. The van der Waals surface area contributed by atoms with Gasteiger partial charge in [0.05, 0.1) is 11.6 Å². The van der Waals surface area contributed by atoms with Gasteiger partial charge < -0.3 is 10.0 Å². The zero-order chi connectivity index (χ0) is 31.3. The number of hydrogen-bond donors (Lipinski definition) is 1. The summed E-state index contributed by atoms with van der Waals surface area (Å²) in [4.78, 5) is 17.2. The van der Waals surface area contributed by atoms with E-state index in [-0.39, 0.29) is 34.7 Å². The van der Waals surface area contributed by atoms with Crippen LogP contribution in [0.3, 0.4) is 0 Å². The van der Waals surface area contributed by atoms with Crippen LogP contribution in [0.1, 0.15) is 92.9 Å². The van der Waals surface area contributed by atoms with E-state index >= 15 is 0 Å². The molecule has 0 unspecified atom stereocenters. The molecule has 2 aromatic carbocycles. The maximum Gasteiger partial charge on any atom is 0.321 e. The molecule has 0 radical (unpaired) electrons. The molecule has 3 atom stereocenters. The standard InChI is InChI=1S/C36H46F3N3O2/c1-36(38,39)33-19-26(13-14-29(33)21-40)8-5-7-25-15-17-41(18-16-25)22-30-23-42(24-32(30)28-11-6-12-31(37)20-28)34(35(43)44)27-9-3-2-4-10-27/h6,11-14,19-20,25,27,30,32,34H,2-5,7-10,15-18,22-24H2,1H3,(H,43,44)/t30-,32+,34+/m0/s1. The van der Waals surface area contributed by atoms with Crippen LogP contribution in [-0.4, -0.2) is 59.6 Å². The van der Waals surface area contributed by atoms with Crippen LogP contribution in [-0.2, 0) is 17.1 Å². The molecule has 0 spiro atoms. The van der Waals surface area contributed by atoms with Crippen molar-refractivity contribution >= 4 is 5.97 Å². The van der Waals surface area contributed by atoms with Crippen LogP contribution < -0.4 is 0 Å². The van der Waals surface area contributed by atoms with Crippen LogP contribution in [0.2, 0.25) is 0 Å². The second-order valence-electron chi connectivity index (χ2n) is 13.6. The number of rotatable bonds is 11. The molecule has 0 bridgehead atoms. The number of piperidine rings is 1. The highest BCUT2D eigenvalue weighted by Gasteiger charge is 2.43. The molecule has 1 saturated carbocycles. The molecule has 1 aliphatic carbocycles. The van der Waals surface area contributed by atoms with Gasteiger partial charge in [-0.3, -0.25) is 9.69 Å². The van der Waals surface area contributed by atoms with Gasteiger partial charge in [0.1, 0.15) is 11.9 Å². The van der Waals surface area contributed by atoms with Gasteiger partial charge in [0, 0.05) is 38.0 Å². The van der Waals surface area contributed by atoms with E-state index in [2.05, 4.69) is 9.80 Å². The Morgan fingerprint density at radius 2 is 1.82 bits per heavy atom. The highest BCUT2D eigenvalue weighted by atomic mass is 19.3. The first-order valence-electron chi connectivity index (χ1n) is 16.5. The minimum Gasteiger partial charge on any atom is -0.480 e. The van der Waals surface area contributed by atoms with Gasteiger partial charge in [-0.1, -0.05) is 43.9 Å². The molecule has 5 rings (SSSR count). The maximum absolute atomic E-state index is 14.3. The third-order valence-electron chi connectivity index (χ3n) is 10.4. The van der Waals surface area contributed by atoms with Crippen molar-refractivity contribution < 1.29 is 23.1 Å². The third kappa shape index (κ3) is 8.03. The van der Waals surface area contributed by atoms with E-state index in [1.165, 1.54) is 24.6 Å². The number of aliphatic carboxylic acids is 1. The van der Waals surface area contributed by atoms with Gasteiger partial charge in [-0.15, -0.1) is 0 Å². The number of likely N-dealkylation sites (tertiary alicyclic amines) is 2. The summed E-state index contributed by atoms with van der Waals surface area (Å²) in [6.07, 6.45) is 10.1. The van der Waals surface area contributed by atoms with Crippen molar-refractivity contribution in [3.8, 4) is 6.07 Å². The normalized spacial score (nSPS) is 23.4. The predicted molar refractivity (Wildman–Crippen MR) is 165 cm³/mol. The van der Waals surface area contributed by atoms with E-state index in [1.807, 2.05) is 12.1 Å². The SMILES string of the molecule is CC(F)(F)c1cc(CCCC2CCN(C[C@H]3CN([C@@H](C(=O)O)C4CCCCC4)C[C@@H]3c3cccc(F)c3)CC2)ccc1C#N. The average molecular weight is 610 g/mol. The van der Waals surface area contributed by atoms with Gasteiger partial charge in [0.15, 0.2) is 0 Å². The lowest BCUT2D eigenvalue weighted by molar-refractivity contribution is -0.145. The first kappa shape index (κ1) is 32.5. The van der Waals surface area contributed by atoms with Gasteiger partial charge in [-0.2, -0.15) is 5.26 Å². The van der Waals surface area contributed by atoms with E-state index < -0.39 is 17.9 Å². The van der Waals surface area contributed by atoms with Gasteiger partial charge >= 0.3 is 5.97 Å². The highest BCUT2D eigenvalue weighted by molar-refractivity contribution is 5.74. The van der Waals surface area contributed by atoms with Crippen LogP contribution in [0.25, 0.3) is 0 Å². The van der Waals surface area contributed by atoms with Crippen molar-refractivity contribution in [1.29, 1.82) is 5.26 Å². The molecule has 0 amide bonds. The summed E-state index contributed by atoms with van der Waals surface area (Å²) in [5.74, 6) is -2.91. The fourth-order valence-electron chi connectivity index (χ4n) is 8.13. The number of benzene rings is 2. The Kier molecular flexibility index (Phi) is 10.7.